The molecule has 0 fully saturated rings. The van der Waals surface area contributed by atoms with Gasteiger partial charge in [-0.2, -0.15) is 0 Å². The molecular weight excluding hydrogens is 248 g/mol. The fourth-order valence-electron chi connectivity index (χ4n) is 2.12. The minimum Gasteiger partial charge on any atom is -0.388 e. The molecule has 2 unspecified atom stereocenters. The zero-order valence-electron chi connectivity index (χ0n) is 11.9. The van der Waals surface area contributed by atoms with Crippen LogP contribution in [-0.4, -0.2) is 29.6 Å². The van der Waals surface area contributed by atoms with E-state index < -0.39 is 17.7 Å². The molecule has 4 heteroatoms. The molecule has 0 heterocycles. The van der Waals surface area contributed by atoms with Gasteiger partial charge in [-0.3, -0.25) is 0 Å². The molecule has 2 nitrogen and oxygen atoms in total. The third-order valence-electron chi connectivity index (χ3n) is 3.55. The molecule has 2 atom stereocenters. The highest BCUT2D eigenvalue weighted by Crippen LogP contribution is 2.22. The molecule has 1 aromatic carbocycles. The van der Waals surface area contributed by atoms with E-state index in [-0.39, 0.29) is 5.56 Å². The lowest BCUT2D eigenvalue weighted by molar-refractivity contribution is 0.133. The molecule has 0 aliphatic carbocycles. The van der Waals surface area contributed by atoms with E-state index in [1.807, 2.05) is 7.05 Å². The van der Waals surface area contributed by atoms with Crippen LogP contribution in [0.15, 0.2) is 18.2 Å². The number of aliphatic hydroxyl groups excluding tert-OH is 1. The van der Waals surface area contributed by atoms with Crippen LogP contribution in [0.2, 0.25) is 0 Å². The van der Waals surface area contributed by atoms with Gasteiger partial charge in [0.15, 0.2) is 11.6 Å². The maximum atomic E-state index is 13.5. The summed E-state index contributed by atoms with van der Waals surface area (Å²) in [5.41, 5.74) is 0.0385. The fourth-order valence-corrected chi connectivity index (χ4v) is 2.12. The Labute approximate surface area is 114 Å². The van der Waals surface area contributed by atoms with Crippen LogP contribution >= 0.6 is 0 Å². The Morgan fingerprint density at radius 2 is 1.95 bits per heavy atom. The van der Waals surface area contributed by atoms with Crippen LogP contribution in [0.4, 0.5) is 8.78 Å². The van der Waals surface area contributed by atoms with Crippen molar-refractivity contribution in [3.63, 3.8) is 0 Å². The number of rotatable bonds is 7. The van der Waals surface area contributed by atoms with Crippen molar-refractivity contribution in [2.75, 3.05) is 13.6 Å². The summed E-state index contributed by atoms with van der Waals surface area (Å²) >= 11 is 0. The molecule has 19 heavy (non-hydrogen) atoms. The second kappa shape index (κ2) is 7.56. The molecule has 108 valence electrons. The van der Waals surface area contributed by atoms with E-state index in [2.05, 4.69) is 18.7 Å². The van der Waals surface area contributed by atoms with Gasteiger partial charge in [-0.1, -0.05) is 25.5 Å². The monoisotopic (exact) mass is 271 g/mol. The summed E-state index contributed by atoms with van der Waals surface area (Å²) in [5.74, 6) is -1.86. The highest BCUT2D eigenvalue weighted by atomic mass is 19.2. The third kappa shape index (κ3) is 4.55. The van der Waals surface area contributed by atoms with Gasteiger partial charge in [0.1, 0.15) is 0 Å². The predicted molar refractivity (Wildman–Crippen MR) is 72.9 cm³/mol. The van der Waals surface area contributed by atoms with E-state index in [4.69, 9.17) is 0 Å². The Morgan fingerprint density at radius 1 is 1.26 bits per heavy atom. The molecule has 0 radical (unpaired) electrons. The van der Waals surface area contributed by atoms with E-state index in [1.165, 1.54) is 12.1 Å². The zero-order valence-corrected chi connectivity index (χ0v) is 11.9. The minimum atomic E-state index is -0.966. The molecule has 1 rings (SSSR count). The average Bonchev–Trinajstić information content (AvgIpc) is 2.39. The zero-order chi connectivity index (χ0) is 14.4. The van der Waals surface area contributed by atoms with Gasteiger partial charge >= 0.3 is 0 Å². The lowest BCUT2D eigenvalue weighted by Gasteiger charge is -2.25. The Kier molecular flexibility index (Phi) is 6.38. The minimum absolute atomic E-state index is 0.0385. The molecule has 0 amide bonds. The summed E-state index contributed by atoms with van der Waals surface area (Å²) in [4.78, 5) is 2.13. The van der Waals surface area contributed by atoms with E-state index in [9.17, 15) is 13.9 Å². The van der Waals surface area contributed by atoms with Gasteiger partial charge in [-0.05, 0) is 32.9 Å². The SMILES string of the molecule is CCCC(C)N(C)CCC(O)c1cccc(F)c1F. The van der Waals surface area contributed by atoms with Crippen molar-refractivity contribution >= 4 is 0 Å². The van der Waals surface area contributed by atoms with Crippen molar-refractivity contribution in [3.8, 4) is 0 Å². The van der Waals surface area contributed by atoms with E-state index >= 15 is 0 Å². The van der Waals surface area contributed by atoms with Crippen LogP contribution in [0.25, 0.3) is 0 Å². The molecule has 0 aliphatic rings. The molecule has 0 spiro atoms. The topological polar surface area (TPSA) is 23.5 Å². The van der Waals surface area contributed by atoms with Gasteiger partial charge in [-0.15, -0.1) is 0 Å². The van der Waals surface area contributed by atoms with E-state index in [0.29, 0.717) is 19.0 Å². The lowest BCUT2D eigenvalue weighted by atomic mass is 10.0. The Balaban J connectivity index is 2.55. The standard InChI is InChI=1S/C15H23F2NO/c1-4-6-11(2)18(3)10-9-14(19)12-7-5-8-13(16)15(12)17/h5,7-8,11,14,19H,4,6,9-10H2,1-3H3. The van der Waals surface area contributed by atoms with Crippen molar-refractivity contribution < 1.29 is 13.9 Å². The summed E-state index contributed by atoms with van der Waals surface area (Å²) < 4.78 is 26.6. The van der Waals surface area contributed by atoms with Gasteiger partial charge in [-0.25, -0.2) is 8.78 Å². The van der Waals surface area contributed by atoms with Crippen molar-refractivity contribution in [1.29, 1.82) is 0 Å². The van der Waals surface area contributed by atoms with Gasteiger partial charge in [0.05, 0.1) is 6.10 Å². The van der Waals surface area contributed by atoms with Crippen molar-refractivity contribution in [3.05, 3.63) is 35.4 Å². The van der Waals surface area contributed by atoms with Crippen LogP contribution in [0.5, 0.6) is 0 Å². The first kappa shape index (κ1) is 16.1. The highest BCUT2D eigenvalue weighted by Gasteiger charge is 2.17. The number of nitrogens with zero attached hydrogens (tertiary/aromatic N) is 1. The van der Waals surface area contributed by atoms with Gasteiger partial charge in [0.2, 0.25) is 0 Å². The molecule has 0 bridgehead atoms. The van der Waals surface area contributed by atoms with Gasteiger partial charge in [0.25, 0.3) is 0 Å². The number of benzene rings is 1. The van der Waals surface area contributed by atoms with Crippen molar-refractivity contribution in [2.45, 2.75) is 45.3 Å². The Bertz CT molecular complexity index is 398. The van der Waals surface area contributed by atoms with E-state index in [0.717, 1.165) is 18.9 Å². The fraction of sp³-hybridized carbons (Fsp3) is 0.600. The number of hydrogen-bond donors (Lipinski definition) is 1. The van der Waals surface area contributed by atoms with Gasteiger partial charge < -0.3 is 10.0 Å². The molecule has 1 N–H and O–H groups in total. The molecule has 0 aliphatic heterocycles. The maximum absolute atomic E-state index is 13.5. The predicted octanol–water partition coefficient (Wildman–Crippen LogP) is 3.51. The summed E-state index contributed by atoms with van der Waals surface area (Å²) in [6.07, 6.45) is 1.62. The summed E-state index contributed by atoms with van der Waals surface area (Å²) in [6.45, 7) is 4.90. The van der Waals surface area contributed by atoms with Crippen LogP contribution in [0.3, 0.4) is 0 Å². The van der Waals surface area contributed by atoms with Crippen molar-refractivity contribution in [2.24, 2.45) is 0 Å². The van der Waals surface area contributed by atoms with Crippen molar-refractivity contribution in [1.82, 2.24) is 4.90 Å². The summed E-state index contributed by atoms with van der Waals surface area (Å²) in [7, 11) is 1.98. The Morgan fingerprint density at radius 3 is 2.58 bits per heavy atom. The van der Waals surface area contributed by atoms with E-state index in [1.54, 1.807) is 0 Å². The van der Waals surface area contributed by atoms with Gasteiger partial charge in [0, 0.05) is 18.2 Å². The second-order valence-electron chi connectivity index (χ2n) is 5.07. The Hall–Kier alpha value is -1.00. The molecule has 1 aromatic rings. The van der Waals surface area contributed by atoms with Crippen LogP contribution in [0.1, 0.15) is 44.8 Å². The quantitative estimate of drug-likeness (QED) is 0.820. The van der Waals surface area contributed by atoms with Crippen LogP contribution in [0, 0.1) is 11.6 Å². The summed E-state index contributed by atoms with van der Waals surface area (Å²) in [6, 6.07) is 4.33. The molecule has 0 saturated heterocycles. The largest absolute Gasteiger partial charge is 0.388 e. The normalized spacial score (nSPS) is 14.7. The first-order valence-corrected chi connectivity index (χ1v) is 6.79. The highest BCUT2D eigenvalue weighted by molar-refractivity contribution is 5.21. The average molecular weight is 271 g/mol. The number of hydrogen-bond acceptors (Lipinski definition) is 2. The maximum Gasteiger partial charge on any atom is 0.164 e. The first-order chi connectivity index (χ1) is 8.97. The van der Waals surface area contributed by atoms with Crippen LogP contribution < -0.4 is 0 Å². The smallest absolute Gasteiger partial charge is 0.164 e. The first-order valence-electron chi connectivity index (χ1n) is 6.79. The molecule has 0 saturated carbocycles. The lowest BCUT2D eigenvalue weighted by Crippen LogP contribution is -2.30. The summed E-state index contributed by atoms with van der Waals surface area (Å²) in [5, 5.41) is 9.95. The molecular formula is C15H23F2NO. The van der Waals surface area contributed by atoms with Crippen LogP contribution in [-0.2, 0) is 0 Å². The molecule has 0 aromatic heterocycles. The number of aliphatic hydroxyl groups is 1. The second-order valence-corrected chi connectivity index (χ2v) is 5.07. The number of halogens is 2. The third-order valence-corrected chi connectivity index (χ3v) is 3.55.